The molecule has 4 nitrogen and oxygen atoms in total. The van der Waals surface area contributed by atoms with E-state index in [1.165, 1.54) is 29.5 Å². The van der Waals surface area contributed by atoms with Gasteiger partial charge in [0.1, 0.15) is 5.69 Å². The van der Waals surface area contributed by atoms with Gasteiger partial charge in [-0.15, -0.1) is 0 Å². The average molecular weight is 452 g/mol. The van der Waals surface area contributed by atoms with Gasteiger partial charge in [0.05, 0.1) is 12.5 Å². The number of amides is 1. The third-order valence-corrected chi connectivity index (χ3v) is 6.21. The van der Waals surface area contributed by atoms with Crippen LogP contribution in [0.25, 0.3) is 16.8 Å². The predicted octanol–water partition coefficient (Wildman–Crippen LogP) is 6.63. The first-order chi connectivity index (χ1) is 16.6. The Hall–Kier alpha value is -3.66. The SMILES string of the molecule is CCCCc1ccc(-c2ccc(-n3cncc3C(=O)N[C@@H](C)CCc3ccccc3)cc2)cc1. The summed E-state index contributed by atoms with van der Waals surface area (Å²) in [5.41, 5.74) is 6.48. The highest BCUT2D eigenvalue weighted by atomic mass is 16.2. The summed E-state index contributed by atoms with van der Waals surface area (Å²) >= 11 is 0. The van der Waals surface area contributed by atoms with E-state index in [2.05, 4.69) is 65.8 Å². The van der Waals surface area contributed by atoms with Gasteiger partial charge in [0.2, 0.25) is 0 Å². The number of hydrogen-bond acceptors (Lipinski definition) is 2. The highest BCUT2D eigenvalue weighted by molar-refractivity contribution is 5.93. The smallest absolute Gasteiger partial charge is 0.270 e. The van der Waals surface area contributed by atoms with Gasteiger partial charge in [0.25, 0.3) is 5.91 Å². The summed E-state index contributed by atoms with van der Waals surface area (Å²) in [6.45, 7) is 4.27. The summed E-state index contributed by atoms with van der Waals surface area (Å²) in [4.78, 5) is 17.2. The van der Waals surface area contributed by atoms with Crippen molar-refractivity contribution in [2.75, 3.05) is 0 Å². The second-order valence-corrected chi connectivity index (χ2v) is 8.90. The lowest BCUT2D eigenvalue weighted by atomic mass is 10.0. The Labute approximate surface area is 202 Å². The van der Waals surface area contributed by atoms with E-state index in [0.717, 1.165) is 30.5 Å². The number of aryl methyl sites for hydroxylation is 2. The monoisotopic (exact) mass is 451 g/mol. The first-order valence-corrected chi connectivity index (χ1v) is 12.2. The number of rotatable bonds is 10. The van der Waals surface area contributed by atoms with Gasteiger partial charge in [-0.25, -0.2) is 4.98 Å². The molecule has 0 unspecified atom stereocenters. The maximum absolute atomic E-state index is 12.9. The van der Waals surface area contributed by atoms with Gasteiger partial charge >= 0.3 is 0 Å². The molecule has 4 rings (SSSR count). The zero-order chi connectivity index (χ0) is 23.8. The standard InChI is InChI=1S/C30H33N3O/c1-3-4-8-25-13-15-26(16-14-25)27-17-19-28(20-18-27)33-22-31-21-29(33)30(34)32-23(2)11-12-24-9-6-5-7-10-24/h5-7,9-10,13-23H,3-4,8,11-12H2,1-2H3,(H,32,34)/t23-/m0/s1. The number of aromatic nitrogens is 2. The van der Waals surface area contributed by atoms with E-state index >= 15 is 0 Å². The van der Waals surface area contributed by atoms with Crippen molar-refractivity contribution in [3.05, 3.63) is 108 Å². The van der Waals surface area contributed by atoms with E-state index in [-0.39, 0.29) is 11.9 Å². The van der Waals surface area contributed by atoms with Crippen LogP contribution in [0.2, 0.25) is 0 Å². The van der Waals surface area contributed by atoms with E-state index in [0.29, 0.717) is 5.69 Å². The number of unbranched alkanes of at least 4 members (excludes halogenated alkanes) is 1. The Kier molecular flexibility index (Phi) is 7.92. The zero-order valence-electron chi connectivity index (χ0n) is 20.1. The topological polar surface area (TPSA) is 46.9 Å². The van der Waals surface area contributed by atoms with Crippen LogP contribution in [0.4, 0.5) is 0 Å². The predicted molar refractivity (Wildman–Crippen MR) is 139 cm³/mol. The highest BCUT2D eigenvalue weighted by Crippen LogP contribution is 2.23. The fourth-order valence-electron chi connectivity index (χ4n) is 4.13. The molecule has 1 N–H and O–H groups in total. The van der Waals surface area contributed by atoms with Gasteiger partial charge < -0.3 is 5.32 Å². The Bertz CT molecular complexity index is 1180. The molecule has 0 aliphatic heterocycles. The van der Waals surface area contributed by atoms with Crippen LogP contribution in [-0.2, 0) is 12.8 Å². The summed E-state index contributed by atoms with van der Waals surface area (Å²) in [6.07, 6.45) is 8.71. The van der Waals surface area contributed by atoms with Gasteiger partial charge in [-0.2, -0.15) is 0 Å². The fourth-order valence-corrected chi connectivity index (χ4v) is 4.13. The van der Waals surface area contributed by atoms with Crippen molar-refractivity contribution in [1.29, 1.82) is 0 Å². The number of nitrogens with one attached hydrogen (secondary N) is 1. The molecule has 0 saturated heterocycles. The van der Waals surface area contributed by atoms with Crippen molar-refractivity contribution in [3.8, 4) is 16.8 Å². The third kappa shape index (κ3) is 6.02. The van der Waals surface area contributed by atoms with Gasteiger partial charge in [-0.3, -0.25) is 9.36 Å². The molecule has 0 aliphatic carbocycles. The molecule has 1 aromatic heterocycles. The van der Waals surface area contributed by atoms with Crippen molar-refractivity contribution >= 4 is 5.91 Å². The van der Waals surface area contributed by atoms with Crippen molar-refractivity contribution in [2.24, 2.45) is 0 Å². The number of carbonyl (C=O) groups is 1. The Morgan fingerprint density at radius 2 is 1.53 bits per heavy atom. The normalized spacial score (nSPS) is 11.8. The fraction of sp³-hybridized carbons (Fsp3) is 0.267. The van der Waals surface area contributed by atoms with Crippen LogP contribution in [0.15, 0.2) is 91.4 Å². The molecular formula is C30H33N3O. The summed E-state index contributed by atoms with van der Waals surface area (Å²) in [7, 11) is 0. The van der Waals surface area contributed by atoms with Crippen molar-refractivity contribution in [3.63, 3.8) is 0 Å². The Balaban J connectivity index is 1.40. The first-order valence-electron chi connectivity index (χ1n) is 12.2. The average Bonchev–Trinajstić information content (AvgIpc) is 3.38. The van der Waals surface area contributed by atoms with Crippen LogP contribution in [0.1, 0.15) is 54.7 Å². The minimum Gasteiger partial charge on any atom is -0.348 e. The molecule has 0 spiro atoms. The lowest BCUT2D eigenvalue weighted by molar-refractivity contribution is 0.0931. The second kappa shape index (κ2) is 11.5. The van der Waals surface area contributed by atoms with E-state index < -0.39 is 0 Å². The van der Waals surface area contributed by atoms with Crippen molar-refractivity contribution in [1.82, 2.24) is 14.9 Å². The minimum atomic E-state index is -0.107. The van der Waals surface area contributed by atoms with Gasteiger partial charge in [0, 0.05) is 11.7 Å². The second-order valence-electron chi connectivity index (χ2n) is 8.90. The number of hydrogen-bond donors (Lipinski definition) is 1. The summed E-state index contributed by atoms with van der Waals surface area (Å²) in [5.74, 6) is -0.107. The largest absolute Gasteiger partial charge is 0.348 e. The van der Waals surface area contributed by atoms with E-state index in [4.69, 9.17) is 0 Å². The minimum absolute atomic E-state index is 0.0683. The number of benzene rings is 3. The molecule has 0 aliphatic rings. The number of carbonyl (C=O) groups excluding carboxylic acids is 1. The first kappa shape index (κ1) is 23.5. The Morgan fingerprint density at radius 3 is 2.21 bits per heavy atom. The number of imidazole rings is 1. The lowest BCUT2D eigenvalue weighted by Crippen LogP contribution is -2.34. The maximum Gasteiger partial charge on any atom is 0.270 e. The van der Waals surface area contributed by atoms with Crippen LogP contribution >= 0.6 is 0 Å². The van der Waals surface area contributed by atoms with Crippen LogP contribution in [0.5, 0.6) is 0 Å². The van der Waals surface area contributed by atoms with Crippen molar-refractivity contribution < 1.29 is 4.79 Å². The van der Waals surface area contributed by atoms with Crippen LogP contribution in [0.3, 0.4) is 0 Å². The molecule has 0 saturated carbocycles. The number of nitrogens with zero attached hydrogens (tertiary/aromatic N) is 2. The van der Waals surface area contributed by atoms with E-state index in [9.17, 15) is 4.79 Å². The quantitative estimate of drug-likeness (QED) is 0.294. The molecule has 0 radical (unpaired) electrons. The molecule has 1 amide bonds. The van der Waals surface area contributed by atoms with E-state index in [1.54, 1.807) is 12.5 Å². The van der Waals surface area contributed by atoms with Crippen LogP contribution in [0, 0.1) is 0 Å². The zero-order valence-corrected chi connectivity index (χ0v) is 20.1. The summed E-state index contributed by atoms with van der Waals surface area (Å²) in [6, 6.07) is 27.5. The molecule has 3 aromatic carbocycles. The highest BCUT2D eigenvalue weighted by Gasteiger charge is 2.15. The molecule has 4 heteroatoms. The van der Waals surface area contributed by atoms with Crippen molar-refractivity contribution in [2.45, 2.75) is 52.0 Å². The third-order valence-electron chi connectivity index (χ3n) is 6.21. The summed E-state index contributed by atoms with van der Waals surface area (Å²) in [5, 5.41) is 3.12. The van der Waals surface area contributed by atoms with Crippen LogP contribution < -0.4 is 5.32 Å². The molecule has 174 valence electrons. The van der Waals surface area contributed by atoms with E-state index in [1.807, 2.05) is 41.8 Å². The molecule has 4 aromatic rings. The molecule has 1 atom stereocenters. The van der Waals surface area contributed by atoms with Gasteiger partial charge in [0.15, 0.2) is 0 Å². The summed E-state index contributed by atoms with van der Waals surface area (Å²) < 4.78 is 1.84. The molecule has 34 heavy (non-hydrogen) atoms. The maximum atomic E-state index is 12.9. The van der Waals surface area contributed by atoms with Gasteiger partial charge in [-0.1, -0.05) is 80.1 Å². The molecule has 0 fully saturated rings. The van der Waals surface area contributed by atoms with Gasteiger partial charge in [-0.05, 0) is 67.0 Å². The molecule has 1 heterocycles. The molecular weight excluding hydrogens is 418 g/mol. The molecule has 0 bridgehead atoms. The Morgan fingerprint density at radius 1 is 0.882 bits per heavy atom. The van der Waals surface area contributed by atoms with Crippen LogP contribution in [-0.4, -0.2) is 21.5 Å². The lowest BCUT2D eigenvalue weighted by Gasteiger charge is -2.15.